The van der Waals surface area contributed by atoms with E-state index in [1.165, 1.54) is 24.3 Å². The van der Waals surface area contributed by atoms with Crippen molar-refractivity contribution < 1.29 is 18.9 Å². The van der Waals surface area contributed by atoms with Crippen LogP contribution in [0.15, 0.2) is 51.7 Å². The second-order valence-electron chi connectivity index (χ2n) is 5.81. The molecule has 8 heteroatoms. The molecular weight excluding hydrogens is 374 g/mol. The first-order valence-electron chi connectivity index (χ1n) is 8.12. The van der Waals surface area contributed by atoms with E-state index in [2.05, 4.69) is 0 Å². The molecule has 0 saturated carbocycles. The van der Waals surface area contributed by atoms with E-state index in [9.17, 15) is 19.7 Å². The molecule has 2 aromatic carbocycles. The molecule has 0 atom stereocenters. The van der Waals surface area contributed by atoms with Crippen LogP contribution in [0.25, 0.3) is 11.0 Å². The first kappa shape index (κ1) is 18.6. The predicted molar refractivity (Wildman–Crippen MR) is 99.5 cm³/mol. The lowest BCUT2D eigenvalue weighted by Crippen LogP contribution is -2.09. The molecule has 27 heavy (non-hydrogen) atoms. The molecule has 3 rings (SSSR count). The lowest BCUT2D eigenvalue weighted by molar-refractivity contribution is -0.384. The monoisotopic (exact) mass is 387 g/mol. The van der Waals surface area contributed by atoms with Gasteiger partial charge in [0.15, 0.2) is 0 Å². The summed E-state index contributed by atoms with van der Waals surface area (Å²) < 4.78 is 10.5. The zero-order chi connectivity index (χ0) is 19.6. The molecule has 0 aliphatic heterocycles. The molecule has 0 fully saturated rings. The minimum atomic E-state index is -0.777. The topological polar surface area (TPSA) is 99.7 Å². The number of esters is 1. The molecule has 1 aromatic heterocycles. The van der Waals surface area contributed by atoms with Gasteiger partial charge >= 0.3 is 11.6 Å². The number of nitro groups is 1. The second-order valence-corrected chi connectivity index (χ2v) is 6.22. The van der Waals surface area contributed by atoms with Gasteiger partial charge in [0.25, 0.3) is 5.69 Å². The van der Waals surface area contributed by atoms with Crippen LogP contribution in [-0.2, 0) is 6.42 Å². The number of halogens is 1. The van der Waals surface area contributed by atoms with Crippen molar-refractivity contribution in [3.63, 3.8) is 0 Å². The van der Waals surface area contributed by atoms with Crippen molar-refractivity contribution in [3.8, 4) is 5.75 Å². The van der Waals surface area contributed by atoms with Gasteiger partial charge in [0, 0.05) is 29.7 Å². The van der Waals surface area contributed by atoms with Gasteiger partial charge in [0.1, 0.15) is 11.3 Å². The number of carbonyl (C=O) groups excluding carboxylic acids is 1. The predicted octanol–water partition coefficient (Wildman–Crippen LogP) is 4.53. The number of ether oxygens (including phenoxy) is 1. The van der Waals surface area contributed by atoms with Gasteiger partial charge < -0.3 is 9.15 Å². The highest BCUT2D eigenvalue weighted by atomic mass is 35.5. The minimum Gasteiger partial charge on any atom is -0.423 e. The fourth-order valence-electron chi connectivity index (χ4n) is 2.70. The summed E-state index contributed by atoms with van der Waals surface area (Å²) in [5, 5.41) is 11.4. The molecule has 0 aliphatic carbocycles. The number of benzene rings is 2. The third kappa shape index (κ3) is 3.98. The quantitative estimate of drug-likeness (QED) is 0.210. The van der Waals surface area contributed by atoms with Crippen molar-refractivity contribution in [2.24, 2.45) is 0 Å². The van der Waals surface area contributed by atoms with Crippen molar-refractivity contribution in [3.05, 3.63) is 79.1 Å². The standard InChI is InChI=1S/C19H14ClNO6/c1-2-3-11-8-18(22)27-17-10-13(5-7-14(11)17)26-19(23)15-6-4-12(21(24)25)9-16(15)20/h4-10H,2-3H2,1H3. The average Bonchev–Trinajstić information content (AvgIpc) is 2.61. The lowest BCUT2D eigenvalue weighted by Gasteiger charge is -2.08. The normalized spacial score (nSPS) is 10.7. The number of fused-ring (bicyclic) bond motifs is 1. The van der Waals surface area contributed by atoms with Crippen LogP contribution in [0.1, 0.15) is 29.3 Å². The third-order valence-corrected chi connectivity index (χ3v) is 4.23. The van der Waals surface area contributed by atoms with Crippen molar-refractivity contribution >= 4 is 34.2 Å². The highest BCUT2D eigenvalue weighted by Gasteiger charge is 2.17. The van der Waals surface area contributed by atoms with Crippen LogP contribution in [0.5, 0.6) is 5.75 Å². The van der Waals surface area contributed by atoms with E-state index < -0.39 is 16.5 Å². The number of nitrogens with zero attached hydrogens (tertiary/aromatic N) is 1. The molecule has 3 aromatic rings. The zero-order valence-corrected chi connectivity index (χ0v) is 15.0. The van der Waals surface area contributed by atoms with E-state index in [-0.39, 0.29) is 22.0 Å². The van der Waals surface area contributed by atoms with E-state index >= 15 is 0 Å². The molecule has 0 bridgehead atoms. The highest BCUT2D eigenvalue weighted by Crippen LogP contribution is 2.26. The van der Waals surface area contributed by atoms with Gasteiger partial charge in [-0.15, -0.1) is 0 Å². The fraction of sp³-hybridized carbons (Fsp3) is 0.158. The van der Waals surface area contributed by atoms with Gasteiger partial charge in [-0.1, -0.05) is 24.9 Å². The number of hydrogen-bond donors (Lipinski definition) is 0. The van der Waals surface area contributed by atoms with E-state index in [4.69, 9.17) is 20.8 Å². The van der Waals surface area contributed by atoms with E-state index in [1.807, 2.05) is 6.92 Å². The number of nitro benzene ring substituents is 1. The summed E-state index contributed by atoms with van der Waals surface area (Å²) in [5.74, 6) is -0.611. The van der Waals surface area contributed by atoms with Crippen LogP contribution >= 0.6 is 11.6 Å². The Balaban J connectivity index is 1.91. The first-order valence-corrected chi connectivity index (χ1v) is 8.49. The zero-order valence-electron chi connectivity index (χ0n) is 14.2. The van der Waals surface area contributed by atoms with Gasteiger partial charge in [0.2, 0.25) is 0 Å². The molecule has 0 unspecified atom stereocenters. The Morgan fingerprint density at radius 1 is 1.22 bits per heavy atom. The molecule has 0 amide bonds. The molecule has 0 spiro atoms. The number of aryl methyl sites for hydroxylation is 1. The highest BCUT2D eigenvalue weighted by molar-refractivity contribution is 6.33. The first-order chi connectivity index (χ1) is 12.9. The summed E-state index contributed by atoms with van der Waals surface area (Å²) >= 11 is 5.94. The third-order valence-electron chi connectivity index (χ3n) is 3.91. The maximum absolute atomic E-state index is 12.3. The van der Waals surface area contributed by atoms with Gasteiger partial charge in [0.05, 0.1) is 15.5 Å². The van der Waals surface area contributed by atoms with Gasteiger partial charge in [-0.05, 0) is 30.2 Å². The van der Waals surface area contributed by atoms with Gasteiger partial charge in [-0.25, -0.2) is 9.59 Å². The summed E-state index contributed by atoms with van der Waals surface area (Å²) in [7, 11) is 0. The Morgan fingerprint density at radius 2 is 2.00 bits per heavy atom. The lowest BCUT2D eigenvalue weighted by atomic mass is 10.1. The van der Waals surface area contributed by atoms with Crippen LogP contribution in [0.4, 0.5) is 5.69 Å². The van der Waals surface area contributed by atoms with Gasteiger partial charge in [-0.3, -0.25) is 10.1 Å². The smallest absolute Gasteiger partial charge is 0.345 e. The second kappa shape index (κ2) is 7.59. The van der Waals surface area contributed by atoms with Crippen molar-refractivity contribution in [1.82, 2.24) is 0 Å². The molecular formula is C19H14ClNO6. The Bertz CT molecular complexity index is 1110. The summed E-state index contributed by atoms with van der Waals surface area (Å²) in [6, 6.07) is 9.67. The Morgan fingerprint density at radius 3 is 2.67 bits per heavy atom. The molecule has 0 N–H and O–H groups in total. The van der Waals surface area contributed by atoms with Crippen molar-refractivity contribution in [2.75, 3.05) is 0 Å². The number of carbonyl (C=O) groups is 1. The van der Waals surface area contributed by atoms with Crippen molar-refractivity contribution in [1.29, 1.82) is 0 Å². The molecule has 7 nitrogen and oxygen atoms in total. The van der Waals surface area contributed by atoms with Crippen LogP contribution < -0.4 is 10.4 Å². The number of non-ortho nitro benzene ring substituents is 1. The number of hydrogen-bond acceptors (Lipinski definition) is 6. The minimum absolute atomic E-state index is 0.0106. The summed E-state index contributed by atoms with van der Waals surface area (Å²) in [6.45, 7) is 2.00. The average molecular weight is 388 g/mol. The molecule has 138 valence electrons. The summed E-state index contributed by atoms with van der Waals surface area (Å²) in [6.07, 6.45) is 1.59. The van der Waals surface area contributed by atoms with Crippen LogP contribution in [0, 0.1) is 10.1 Å². The largest absolute Gasteiger partial charge is 0.423 e. The Hall–Kier alpha value is -3.19. The van der Waals surface area contributed by atoms with E-state index in [1.54, 1.807) is 12.1 Å². The van der Waals surface area contributed by atoms with Crippen molar-refractivity contribution in [2.45, 2.75) is 19.8 Å². The number of rotatable bonds is 5. The van der Waals surface area contributed by atoms with Crippen LogP contribution in [0.3, 0.4) is 0 Å². The van der Waals surface area contributed by atoms with Crippen LogP contribution in [0.2, 0.25) is 5.02 Å². The Labute approximate surface area is 158 Å². The fourth-order valence-corrected chi connectivity index (χ4v) is 2.95. The summed E-state index contributed by atoms with van der Waals surface area (Å²) in [5.41, 5.74) is 0.454. The molecule has 1 heterocycles. The van der Waals surface area contributed by atoms with Crippen LogP contribution in [-0.4, -0.2) is 10.9 Å². The molecule has 0 saturated heterocycles. The summed E-state index contributed by atoms with van der Waals surface area (Å²) in [4.78, 5) is 34.2. The van der Waals surface area contributed by atoms with Gasteiger partial charge in [-0.2, -0.15) is 0 Å². The van der Waals surface area contributed by atoms with E-state index in [0.29, 0.717) is 5.58 Å². The maximum Gasteiger partial charge on any atom is 0.345 e. The van der Waals surface area contributed by atoms with E-state index in [0.717, 1.165) is 29.9 Å². The Kier molecular flexibility index (Phi) is 5.23. The molecule has 0 aliphatic rings. The molecule has 0 radical (unpaired) electrons. The SMILES string of the molecule is CCCc1cc(=O)oc2cc(OC(=O)c3ccc([N+](=O)[O-])cc3Cl)ccc12. The maximum atomic E-state index is 12.3.